The maximum absolute atomic E-state index is 13.8. The number of amides is 1. The van der Waals surface area contributed by atoms with Gasteiger partial charge in [0, 0.05) is 22.7 Å². The first kappa shape index (κ1) is 21.6. The molecule has 1 saturated heterocycles. The topological polar surface area (TPSA) is 88.1 Å². The monoisotopic (exact) mass is 463 g/mol. The Morgan fingerprint density at radius 3 is 2.81 bits per heavy atom. The summed E-state index contributed by atoms with van der Waals surface area (Å²) in [5.41, 5.74) is 1.55. The minimum atomic E-state index is -3.08. The second kappa shape index (κ2) is 8.51. The summed E-state index contributed by atoms with van der Waals surface area (Å²) in [6.07, 6.45) is 0. The summed E-state index contributed by atoms with van der Waals surface area (Å²) in [5, 5.41) is 3.15. The normalized spacial score (nSPS) is 21.3. The fourth-order valence-corrected chi connectivity index (χ4v) is 7.31. The lowest BCUT2D eigenvalue weighted by atomic mass is 10.2. The highest BCUT2D eigenvalue weighted by Gasteiger charge is 2.44. The molecule has 2 aromatic carbocycles. The van der Waals surface area contributed by atoms with Gasteiger partial charge in [-0.3, -0.25) is 9.79 Å². The molecule has 2 unspecified atom stereocenters. The van der Waals surface area contributed by atoms with Gasteiger partial charge in [-0.1, -0.05) is 23.9 Å². The number of methoxy groups -OCH3 is 1. The van der Waals surface area contributed by atoms with Gasteiger partial charge in [-0.2, -0.15) is 0 Å². The van der Waals surface area contributed by atoms with Crippen LogP contribution in [0.25, 0.3) is 0 Å². The van der Waals surface area contributed by atoms with E-state index in [2.05, 4.69) is 10.3 Å². The lowest BCUT2D eigenvalue weighted by molar-refractivity contribution is -0.114. The van der Waals surface area contributed by atoms with E-state index in [0.717, 1.165) is 0 Å². The smallest absolute Gasteiger partial charge is 0.244 e. The van der Waals surface area contributed by atoms with Crippen LogP contribution in [0, 0.1) is 12.7 Å². The number of hydrogen-bond acceptors (Lipinski definition) is 7. The van der Waals surface area contributed by atoms with E-state index in [-0.39, 0.29) is 35.2 Å². The number of benzene rings is 2. The Bertz CT molecular complexity index is 1150. The summed E-state index contributed by atoms with van der Waals surface area (Å²) in [6.45, 7) is 1.58. The maximum atomic E-state index is 13.8. The molecule has 2 aromatic rings. The molecule has 2 atom stereocenters. The summed E-state index contributed by atoms with van der Waals surface area (Å²) in [6, 6.07) is 11.4. The number of anilines is 2. The number of rotatable bonds is 5. The SMILES string of the molecule is COc1cccc(N(CC(=O)Nc2ccc(C)c(F)c2)C2=NC3CS(=O)(=O)CC3S2)c1. The molecule has 0 aromatic heterocycles. The minimum Gasteiger partial charge on any atom is -0.497 e. The van der Waals surface area contributed by atoms with E-state index in [1.165, 1.54) is 17.8 Å². The van der Waals surface area contributed by atoms with Crippen molar-refractivity contribution in [2.75, 3.05) is 35.4 Å². The molecule has 1 fully saturated rings. The highest BCUT2D eigenvalue weighted by molar-refractivity contribution is 8.15. The summed E-state index contributed by atoms with van der Waals surface area (Å²) < 4.78 is 42.9. The van der Waals surface area contributed by atoms with Crippen molar-refractivity contribution in [2.24, 2.45) is 4.99 Å². The van der Waals surface area contributed by atoms with Crippen LogP contribution in [0.1, 0.15) is 5.56 Å². The number of fused-ring (bicyclic) bond motifs is 1. The zero-order chi connectivity index (χ0) is 22.2. The number of aliphatic imine (C=N–C) groups is 1. The number of thioether (sulfide) groups is 1. The number of carbonyl (C=O) groups excluding carboxylic acids is 1. The average molecular weight is 464 g/mol. The molecule has 1 amide bonds. The number of amidine groups is 1. The molecule has 0 radical (unpaired) electrons. The third-order valence-corrected chi connectivity index (χ3v) is 8.41. The van der Waals surface area contributed by atoms with Crippen molar-refractivity contribution in [3.8, 4) is 5.75 Å². The molecular formula is C21H22FN3O4S2. The lowest BCUT2D eigenvalue weighted by Crippen LogP contribution is -2.36. The molecule has 2 aliphatic heterocycles. The fraction of sp³-hybridized carbons (Fsp3) is 0.333. The van der Waals surface area contributed by atoms with Gasteiger partial charge in [-0.25, -0.2) is 12.8 Å². The highest BCUT2D eigenvalue weighted by Crippen LogP contribution is 2.37. The van der Waals surface area contributed by atoms with E-state index in [9.17, 15) is 17.6 Å². The first-order valence-electron chi connectivity index (χ1n) is 9.66. The number of nitrogens with one attached hydrogen (secondary N) is 1. The van der Waals surface area contributed by atoms with Crippen molar-refractivity contribution in [1.29, 1.82) is 0 Å². The zero-order valence-electron chi connectivity index (χ0n) is 17.0. The average Bonchev–Trinajstić information content (AvgIpc) is 3.22. The second-order valence-electron chi connectivity index (χ2n) is 7.51. The van der Waals surface area contributed by atoms with Gasteiger partial charge in [0.15, 0.2) is 15.0 Å². The number of carbonyl (C=O) groups is 1. The maximum Gasteiger partial charge on any atom is 0.244 e. The molecule has 0 saturated carbocycles. The standard InChI is InChI=1S/C21H22FN3O4S2/c1-13-6-7-14(8-17(13)22)23-20(26)10-25(15-4-3-5-16(9-15)29-2)21-24-18-11-31(27,28)12-19(18)30-21/h3-9,18-19H,10-12H2,1-2H3,(H,23,26). The van der Waals surface area contributed by atoms with E-state index in [0.29, 0.717) is 27.9 Å². The van der Waals surface area contributed by atoms with Crippen molar-refractivity contribution in [1.82, 2.24) is 0 Å². The molecule has 0 spiro atoms. The van der Waals surface area contributed by atoms with Crippen molar-refractivity contribution in [3.63, 3.8) is 0 Å². The molecular weight excluding hydrogens is 441 g/mol. The number of hydrogen-bond donors (Lipinski definition) is 1. The summed E-state index contributed by atoms with van der Waals surface area (Å²) in [5.74, 6) is -0.0217. The van der Waals surface area contributed by atoms with E-state index >= 15 is 0 Å². The number of ether oxygens (including phenoxy) is 1. The number of aryl methyl sites for hydroxylation is 1. The van der Waals surface area contributed by atoms with Crippen LogP contribution < -0.4 is 15.0 Å². The van der Waals surface area contributed by atoms with Crippen LogP contribution in [0.2, 0.25) is 0 Å². The van der Waals surface area contributed by atoms with Crippen molar-refractivity contribution in [2.45, 2.75) is 18.2 Å². The molecule has 2 aliphatic rings. The molecule has 2 heterocycles. The first-order chi connectivity index (χ1) is 14.7. The summed E-state index contributed by atoms with van der Waals surface area (Å²) in [4.78, 5) is 19.1. The van der Waals surface area contributed by atoms with Gasteiger partial charge in [0.2, 0.25) is 5.91 Å². The molecule has 0 bridgehead atoms. The van der Waals surface area contributed by atoms with E-state index < -0.39 is 15.7 Å². The van der Waals surface area contributed by atoms with Gasteiger partial charge in [0.25, 0.3) is 0 Å². The molecule has 31 heavy (non-hydrogen) atoms. The largest absolute Gasteiger partial charge is 0.497 e. The number of halogens is 1. The van der Waals surface area contributed by atoms with Crippen LogP contribution in [0.5, 0.6) is 5.75 Å². The molecule has 0 aliphatic carbocycles. The van der Waals surface area contributed by atoms with Crippen LogP contribution >= 0.6 is 11.8 Å². The summed E-state index contributed by atoms with van der Waals surface area (Å²) >= 11 is 1.37. The summed E-state index contributed by atoms with van der Waals surface area (Å²) in [7, 11) is -1.53. The molecule has 1 N–H and O–H groups in total. The van der Waals surface area contributed by atoms with Crippen molar-refractivity contribution in [3.05, 3.63) is 53.8 Å². The second-order valence-corrected chi connectivity index (χ2v) is 10.9. The van der Waals surface area contributed by atoms with Crippen LogP contribution in [-0.2, 0) is 14.6 Å². The van der Waals surface area contributed by atoms with Crippen LogP contribution in [-0.4, -0.2) is 55.9 Å². The number of sulfone groups is 1. The van der Waals surface area contributed by atoms with E-state index in [4.69, 9.17) is 4.74 Å². The molecule has 10 heteroatoms. The van der Waals surface area contributed by atoms with E-state index in [1.54, 1.807) is 49.3 Å². The Hall–Kier alpha value is -2.59. The van der Waals surface area contributed by atoms with Gasteiger partial charge in [-0.05, 0) is 36.8 Å². The zero-order valence-corrected chi connectivity index (χ0v) is 18.7. The van der Waals surface area contributed by atoms with Crippen LogP contribution in [0.15, 0.2) is 47.5 Å². The first-order valence-corrected chi connectivity index (χ1v) is 12.4. The van der Waals surface area contributed by atoms with Crippen molar-refractivity contribution >= 4 is 44.0 Å². The lowest BCUT2D eigenvalue weighted by Gasteiger charge is -2.24. The Morgan fingerprint density at radius 2 is 2.10 bits per heavy atom. The Labute approximate surface area is 184 Å². The minimum absolute atomic E-state index is 0.0228. The van der Waals surface area contributed by atoms with Gasteiger partial charge >= 0.3 is 0 Å². The predicted molar refractivity (Wildman–Crippen MR) is 121 cm³/mol. The molecule has 4 rings (SSSR count). The third kappa shape index (κ3) is 4.85. The highest BCUT2D eigenvalue weighted by atomic mass is 32.2. The molecule has 7 nitrogen and oxygen atoms in total. The van der Waals surface area contributed by atoms with E-state index in [1.807, 2.05) is 6.07 Å². The van der Waals surface area contributed by atoms with Crippen LogP contribution in [0.4, 0.5) is 15.8 Å². The molecule has 164 valence electrons. The van der Waals surface area contributed by atoms with Gasteiger partial charge < -0.3 is 15.0 Å². The van der Waals surface area contributed by atoms with Crippen molar-refractivity contribution < 1.29 is 22.3 Å². The van der Waals surface area contributed by atoms with Crippen LogP contribution in [0.3, 0.4) is 0 Å². The Balaban J connectivity index is 1.58. The fourth-order valence-electron chi connectivity index (χ4n) is 3.53. The predicted octanol–water partition coefficient (Wildman–Crippen LogP) is 2.86. The quantitative estimate of drug-likeness (QED) is 0.734. The van der Waals surface area contributed by atoms with Gasteiger partial charge in [-0.15, -0.1) is 0 Å². The Kier molecular flexibility index (Phi) is 5.94. The Morgan fingerprint density at radius 1 is 1.29 bits per heavy atom. The third-order valence-electron chi connectivity index (χ3n) is 5.16. The van der Waals surface area contributed by atoms with Gasteiger partial charge in [0.1, 0.15) is 18.1 Å². The number of nitrogens with zero attached hydrogens (tertiary/aromatic N) is 2. The van der Waals surface area contributed by atoms with Gasteiger partial charge in [0.05, 0.1) is 24.7 Å².